The Bertz CT molecular complexity index is 1180. The van der Waals surface area contributed by atoms with Crippen LogP contribution in [0.25, 0.3) is 22.1 Å². The van der Waals surface area contributed by atoms with Crippen molar-refractivity contribution in [3.05, 3.63) is 52.9 Å². The zero-order chi connectivity index (χ0) is 23.8. The van der Waals surface area contributed by atoms with Gasteiger partial charge < -0.3 is 18.6 Å². The molecule has 1 aromatic heterocycles. The van der Waals surface area contributed by atoms with Gasteiger partial charge in [-0.1, -0.05) is 38.8 Å². The minimum Gasteiger partial charge on any atom is -0.497 e. The Hall–Kier alpha value is -3.61. The average Bonchev–Trinajstić information content (AvgIpc) is 2.81. The number of hydrogen-bond acceptors (Lipinski definition) is 7. The third-order valence-electron chi connectivity index (χ3n) is 5.14. The number of ether oxygens (including phenoxy) is 3. The Labute approximate surface area is 192 Å². The van der Waals surface area contributed by atoms with Gasteiger partial charge in [0.15, 0.2) is 0 Å². The van der Waals surface area contributed by atoms with Gasteiger partial charge in [0.2, 0.25) is 5.43 Å². The first-order chi connectivity index (χ1) is 16.0. The maximum Gasteiger partial charge on any atom is 0.311 e. The molecule has 0 N–H and O–H groups in total. The lowest BCUT2D eigenvalue weighted by Gasteiger charge is -2.11. The molecular weight excluding hydrogens is 424 g/mol. The minimum absolute atomic E-state index is 0.0102. The van der Waals surface area contributed by atoms with Crippen molar-refractivity contribution < 1.29 is 28.2 Å². The summed E-state index contributed by atoms with van der Waals surface area (Å²) >= 11 is 0. The zero-order valence-electron chi connectivity index (χ0n) is 19.1. The van der Waals surface area contributed by atoms with Crippen LogP contribution in [-0.2, 0) is 9.59 Å². The lowest BCUT2D eigenvalue weighted by atomic mass is 10.0. The van der Waals surface area contributed by atoms with Crippen molar-refractivity contribution in [2.75, 3.05) is 7.11 Å². The quantitative estimate of drug-likeness (QED) is 0.289. The molecule has 0 radical (unpaired) electrons. The van der Waals surface area contributed by atoms with Crippen LogP contribution in [-0.4, -0.2) is 19.0 Å². The van der Waals surface area contributed by atoms with Gasteiger partial charge in [0.25, 0.3) is 0 Å². The molecule has 3 rings (SSSR count). The Balaban J connectivity index is 2.07. The standard InChI is InChI=1S/C26H28O7/c1-4-6-8-23(27)32-19-14-21-25(22(15-19)33-24(28)9-7-5-2)26(29)20(16-31-21)17-10-12-18(30-3)13-11-17/h10-16H,4-9H2,1-3H3. The highest BCUT2D eigenvalue weighted by molar-refractivity contribution is 5.91. The van der Waals surface area contributed by atoms with E-state index in [1.807, 2.05) is 13.8 Å². The van der Waals surface area contributed by atoms with Gasteiger partial charge in [-0.15, -0.1) is 0 Å². The minimum atomic E-state index is -0.470. The lowest BCUT2D eigenvalue weighted by Crippen LogP contribution is -2.13. The van der Waals surface area contributed by atoms with Crippen LogP contribution in [0.15, 0.2) is 51.9 Å². The third kappa shape index (κ3) is 6.00. The summed E-state index contributed by atoms with van der Waals surface area (Å²) in [6.07, 6.45) is 4.87. The fraction of sp³-hybridized carbons (Fsp3) is 0.346. The van der Waals surface area contributed by atoms with E-state index in [9.17, 15) is 14.4 Å². The summed E-state index contributed by atoms with van der Waals surface area (Å²) in [5, 5.41) is 0.113. The van der Waals surface area contributed by atoms with Gasteiger partial charge in [-0.2, -0.15) is 0 Å². The monoisotopic (exact) mass is 452 g/mol. The van der Waals surface area contributed by atoms with Gasteiger partial charge >= 0.3 is 11.9 Å². The van der Waals surface area contributed by atoms with Crippen LogP contribution in [0.5, 0.6) is 17.2 Å². The van der Waals surface area contributed by atoms with Crippen LogP contribution in [0.1, 0.15) is 52.4 Å². The molecule has 0 aliphatic heterocycles. The smallest absolute Gasteiger partial charge is 0.311 e. The number of unbranched alkanes of at least 4 members (excludes halogenated alkanes) is 2. The molecule has 0 atom stereocenters. The fourth-order valence-electron chi connectivity index (χ4n) is 3.30. The summed E-state index contributed by atoms with van der Waals surface area (Å²) in [5.41, 5.74) is 0.744. The number of rotatable bonds is 10. The molecule has 33 heavy (non-hydrogen) atoms. The van der Waals surface area contributed by atoms with E-state index in [1.165, 1.54) is 18.4 Å². The van der Waals surface area contributed by atoms with E-state index < -0.39 is 11.9 Å². The highest BCUT2D eigenvalue weighted by Gasteiger charge is 2.19. The second-order valence-electron chi connectivity index (χ2n) is 7.66. The van der Waals surface area contributed by atoms with Crippen molar-refractivity contribution in [2.45, 2.75) is 52.4 Å². The van der Waals surface area contributed by atoms with E-state index in [2.05, 4.69) is 0 Å². The molecule has 0 aliphatic carbocycles. The van der Waals surface area contributed by atoms with E-state index in [-0.39, 0.29) is 40.7 Å². The normalized spacial score (nSPS) is 10.8. The molecule has 0 spiro atoms. The van der Waals surface area contributed by atoms with Crippen molar-refractivity contribution in [3.63, 3.8) is 0 Å². The van der Waals surface area contributed by atoms with E-state index in [1.54, 1.807) is 31.4 Å². The van der Waals surface area contributed by atoms with Crippen molar-refractivity contribution in [1.82, 2.24) is 0 Å². The van der Waals surface area contributed by atoms with Gasteiger partial charge in [0.05, 0.1) is 12.7 Å². The maximum atomic E-state index is 13.4. The van der Waals surface area contributed by atoms with Crippen molar-refractivity contribution in [1.29, 1.82) is 0 Å². The molecule has 174 valence electrons. The molecule has 3 aromatic rings. The summed E-state index contributed by atoms with van der Waals surface area (Å²) in [5.74, 6) is -0.0548. The molecule has 0 amide bonds. The first kappa shape index (κ1) is 24.0. The fourth-order valence-corrected chi connectivity index (χ4v) is 3.30. The molecule has 1 heterocycles. The summed E-state index contributed by atoms with van der Waals surface area (Å²) < 4.78 is 21.8. The van der Waals surface area contributed by atoms with Gasteiger partial charge in [-0.05, 0) is 30.5 Å². The number of methoxy groups -OCH3 is 1. The van der Waals surface area contributed by atoms with Crippen molar-refractivity contribution >= 4 is 22.9 Å². The molecule has 0 bridgehead atoms. The molecule has 7 heteroatoms. The summed E-state index contributed by atoms with van der Waals surface area (Å²) in [4.78, 5) is 37.8. The predicted octanol–water partition coefficient (Wildman–Crippen LogP) is 5.66. The van der Waals surface area contributed by atoms with Crippen LogP contribution in [0, 0.1) is 0 Å². The Kier molecular flexibility index (Phi) is 8.24. The van der Waals surface area contributed by atoms with Crippen molar-refractivity contribution in [2.24, 2.45) is 0 Å². The molecular formula is C26H28O7. The van der Waals surface area contributed by atoms with E-state index in [4.69, 9.17) is 18.6 Å². The highest BCUT2D eigenvalue weighted by atomic mass is 16.5. The van der Waals surface area contributed by atoms with E-state index in [0.29, 0.717) is 29.7 Å². The highest BCUT2D eigenvalue weighted by Crippen LogP contribution is 2.32. The van der Waals surface area contributed by atoms with Gasteiger partial charge in [0.1, 0.15) is 34.5 Å². The first-order valence-corrected chi connectivity index (χ1v) is 11.1. The van der Waals surface area contributed by atoms with Crippen molar-refractivity contribution in [3.8, 4) is 28.4 Å². The Morgan fingerprint density at radius 1 is 0.879 bits per heavy atom. The third-order valence-corrected chi connectivity index (χ3v) is 5.14. The van der Waals surface area contributed by atoms with E-state index >= 15 is 0 Å². The molecule has 0 unspecified atom stereocenters. The van der Waals surface area contributed by atoms with Crippen LogP contribution in [0.3, 0.4) is 0 Å². The summed E-state index contributed by atoms with van der Waals surface area (Å²) in [7, 11) is 1.56. The average molecular weight is 453 g/mol. The summed E-state index contributed by atoms with van der Waals surface area (Å²) in [6, 6.07) is 9.82. The number of benzene rings is 2. The second-order valence-corrected chi connectivity index (χ2v) is 7.66. The van der Waals surface area contributed by atoms with Crippen LogP contribution in [0.2, 0.25) is 0 Å². The van der Waals surface area contributed by atoms with Crippen LogP contribution in [0.4, 0.5) is 0 Å². The largest absolute Gasteiger partial charge is 0.497 e. The summed E-state index contributed by atoms with van der Waals surface area (Å²) in [6.45, 7) is 3.95. The van der Waals surface area contributed by atoms with Gasteiger partial charge in [0, 0.05) is 25.0 Å². The number of hydrogen-bond donors (Lipinski definition) is 0. The molecule has 7 nitrogen and oxygen atoms in total. The van der Waals surface area contributed by atoms with Crippen LogP contribution < -0.4 is 19.6 Å². The Morgan fingerprint density at radius 2 is 1.52 bits per heavy atom. The first-order valence-electron chi connectivity index (χ1n) is 11.1. The molecule has 0 saturated heterocycles. The maximum absolute atomic E-state index is 13.4. The molecule has 2 aromatic carbocycles. The SMILES string of the molecule is CCCCC(=O)Oc1cc(OC(=O)CCCC)c2c(=O)c(-c3ccc(OC)cc3)coc2c1. The second kappa shape index (κ2) is 11.3. The number of fused-ring (bicyclic) bond motifs is 1. The topological polar surface area (TPSA) is 92.0 Å². The van der Waals surface area contributed by atoms with Gasteiger partial charge in [-0.25, -0.2) is 0 Å². The Morgan fingerprint density at radius 3 is 2.12 bits per heavy atom. The number of carbonyl (C=O) groups excluding carboxylic acids is 2. The van der Waals surface area contributed by atoms with E-state index in [0.717, 1.165) is 12.8 Å². The zero-order valence-corrected chi connectivity index (χ0v) is 19.1. The molecule has 0 fully saturated rings. The van der Waals surface area contributed by atoms with Crippen LogP contribution >= 0.6 is 0 Å². The number of carbonyl (C=O) groups is 2. The number of esters is 2. The predicted molar refractivity (Wildman–Crippen MR) is 125 cm³/mol. The van der Waals surface area contributed by atoms with Gasteiger partial charge in [-0.3, -0.25) is 14.4 Å². The molecule has 0 saturated carbocycles. The molecule has 0 aliphatic rings. The lowest BCUT2D eigenvalue weighted by molar-refractivity contribution is -0.134.